The Labute approximate surface area is 145 Å². The van der Waals surface area contributed by atoms with Crippen LogP contribution in [0, 0.1) is 6.92 Å². The van der Waals surface area contributed by atoms with Gasteiger partial charge >= 0.3 is 0 Å². The van der Waals surface area contributed by atoms with Crippen LogP contribution in [-0.2, 0) is 9.59 Å². The fraction of sp³-hybridized carbons (Fsp3) is 0.167. The van der Waals surface area contributed by atoms with Gasteiger partial charge in [-0.15, -0.1) is 0 Å². The highest BCUT2D eigenvalue weighted by molar-refractivity contribution is 6.30. The zero-order valence-electron chi connectivity index (χ0n) is 13.3. The lowest BCUT2D eigenvalue weighted by Crippen LogP contribution is -2.20. The van der Waals surface area contributed by atoms with E-state index < -0.39 is 0 Å². The number of carbonyl (C=O) groups is 2. The number of hydrogen-bond donors (Lipinski definition) is 2. The van der Waals surface area contributed by atoms with Crippen LogP contribution in [0.25, 0.3) is 0 Å². The van der Waals surface area contributed by atoms with Crippen molar-refractivity contribution in [2.75, 3.05) is 5.32 Å². The Morgan fingerprint density at radius 2 is 1.71 bits per heavy atom. The van der Waals surface area contributed by atoms with Crippen LogP contribution in [0.3, 0.4) is 0 Å². The van der Waals surface area contributed by atoms with Gasteiger partial charge in [0.25, 0.3) is 0 Å². The summed E-state index contributed by atoms with van der Waals surface area (Å²) in [5, 5.41) is 7.27. The highest BCUT2D eigenvalue weighted by atomic mass is 35.5. The lowest BCUT2D eigenvalue weighted by molar-refractivity contribution is -0.124. The Kier molecular flexibility index (Phi) is 6.51. The number of benzene rings is 2. The van der Waals surface area contributed by atoms with Crippen molar-refractivity contribution in [2.24, 2.45) is 5.10 Å². The second kappa shape index (κ2) is 8.84. The molecule has 0 unspecified atom stereocenters. The molecule has 0 heterocycles. The van der Waals surface area contributed by atoms with Crippen LogP contribution in [0.4, 0.5) is 5.69 Å². The number of nitrogens with one attached hydrogen (secondary N) is 2. The molecule has 24 heavy (non-hydrogen) atoms. The number of para-hydroxylation sites is 1. The number of aryl methyl sites for hydroxylation is 1. The van der Waals surface area contributed by atoms with Gasteiger partial charge < -0.3 is 5.32 Å². The molecule has 0 radical (unpaired) electrons. The molecule has 2 N–H and O–H groups in total. The van der Waals surface area contributed by atoms with Gasteiger partial charge in [0.05, 0.1) is 6.21 Å². The summed E-state index contributed by atoms with van der Waals surface area (Å²) in [6.45, 7) is 1.91. The summed E-state index contributed by atoms with van der Waals surface area (Å²) < 4.78 is 0. The Morgan fingerprint density at radius 3 is 2.42 bits per heavy atom. The first kappa shape index (κ1) is 17.7. The van der Waals surface area contributed by atoms with E-state index in [0.29, 0.717) is 5.02 Å². The molecule has 0 saturated carbocycles. The lowest BCUT2D eigenvalue weighted by atomic mass is 10.2. The lowest BCUT2D eigenvalue weighted by Gasteiger charge is -2.07. The van der Waals surface area contributed by atoms with Crippen LogP contribution in [0.2, 0.25) is 5.02 Å². The number of halogens is 1. The van der Waals surface area contributed by atoms with E-state index in [1.165, 1.54) is 6.21 Å². The van der Waals surface area contributed by atoms with Crippen molar-refractivity contribution in [1.82, 2.24) is 5.43 Å². The zero-order chi connectivity index (χ0) is 17.4. The average molecular weight is 344 g/mol. The van der Waals surface area contributed by atoms with Gasteiger partial charge in [0.2, 0.25) is 11.8 Å². The molecule has 0 bridgehead atoms. The van der Waals surface area contributed by atoms with Crippen molar-refractivity contribution < 1.29 is 9.59 Å². The van der Waals surface area contributed by atoms with Gasteiger partial charge in [-0.2, -0.15) is 5.10 Å². The number of hydrazone groups is 1. The van der Waals surface area contributed by atoms with E-state index in [-0.39, 0.29) is 24.7 Å². The maximum absolute atomic E-state index is 11.9. The third-order valence-electron chi connectivity index (χ3n) is 3.27. The molecule has 0 aliphatic rings. The summed E-state index contributed by atoms with van der Waals surface area (Å²) in [5.41, 5.74) is 4.94. The molecular formula is C18H18ClN3O2. The van der Waals surface area contributed by atoms with E-state index >= 15 is 0 Å². The van der Waals surface area contributed by atoms with Crippen LogP contribution in [0.1, 0.15) is 24.0 Å². The number of carbonyl (C=O) groups excluding carboxylic acids is 2. The first-order valence-corrected chi connectivity index (χ1v) is 7.85. The first-order valence-electron chi connectivity index (χ1n) is 7.47. The van der Waals surface area contributed by atoms with E-state index in [2.05, 4.69) is 15.8 Å². The Balaban J connectivity index is 1.73. The van der Waals surface area contributed by atoms with Crippen molar-refractivity contribution in [1.29, 1.82) is 0 Å². The first-order chi connectivity index (χ1) is 11.5. The number of nitrogens with zero attached hydrogens (tertiary/aromatic N) is 1. The highest BCUT2D eigenvalue weighted by Crippen LogP contribution is 2.13. The fourth-order valence-corrected chi connectivity index (χ4v) is 2.06. The number of rotatable bonds is 6. The second-order valence-electron chi connectivity index (χ2n) is 5.21. The summed E-state index contributed by atoms with van der Waals surface area (Å²) in [7, 11) is 0. The minimum Gasteiger partial charge on any atom is -0.326 e. The fourth-order valence-electron chi connectivity index (χ4n) is 1.94. The molecule has 0 aliphatic carbocycles. The summed E-state index contributed by atoms with van der Waals surface area (Å²) >= 11 is 5.78. The van der Waals surface area contributed by atoms with Gasteiger partial charge in [-0.3, -0.25) is 9.59 Å². The van der Waals surface area contributed by atoms with E-state index in [0.717, 1.165) is 16.8 Å². The topological polar surface area (TPSA) is 70.6 Å². The maximum atomic E-state index is 11.9. The monoisotopic (exact) mass is 343 g/mol. The third kappa shape index (κ3) is 5.85. The van der Waals surface area contributed by atoms with Gasteiger partial charge in [-0.25, -0.2) is 5.43 Å². The minimum absolute atomic E-state index is 0.0652. The molecule has 2 aromatic carbocycles. The molecule has 6 heteroatoms. The Hall–Kier alpha value is -2.66. The van der Waals surface area contributed by atoms with Crippen molar-refractivity contribution >= 4 is 35.3 Å². The summed E-state index contributed by atoms with van der Waals surface area (Å²) in [4.78, 5) is 23.5. The van der Waals surface area contributed by atoms with E-state index in [1.54, 1.807) is 24.3 Å². The van der Waals surface area contributed by atoms with Gasteiger partial charge in [0.15, 0.2) is 0 Å². The normalized spacial score (nSPS) is 10.6. The molecule has 0 aliphatic heterocycles. The molecule has 2 rings (SSSR count). The van der Waals surface area contributed by atoms with Crippen LogP contribution in [0.15, 0.2) is 53.6 Å². The molecule has 0 spiro atoms. The summed E-state index contributed by atoms with van der Waals surface area (Å²) in [6, 6.07) is 14.5. The third-order valence-corrected chi connectivity index (χ3v) is 3.52. The number of anilines is 1. The van der Waals surface area contributed by atoms with Crippen LogP contribution in [-0.4, -0.2) is 18.0 Å². The van der Waals surface area contributed by atoms with Crippen LogP contribution < -0.4 is 10.7 Å². The van der Waals surface area contributed by atoms with Gasteiger partial charge in [0, 0.05) is 23.6 Å². The highest BCUT2D eigenvalue weighted by Gasteiger charge is 2.07. The van der Waals surface area contributed by atoms with Gasteiger partial charge in [-0.1, -0.05) is 41.9 Å². The van der Waals surface area contributed by atoms with Crippen molar-refractivity contribution in [3.05, 3.63) is 64.7 Å². The molecule has 0 saturated heterocycles. The minimum atomic E-state index is -0.319. The zero-order valence-corrected chi connectivity index (χ0v) is 14.0. The van der Waals surface area contributed by atoms with E-state index in [1.807, 2.05) is 31.2 Å². The number of amides is 2. The Bertz CT molecular complexity index is 742. The largest absolute Gasteiger partial charge is 0.326 e. The summed E-state index contributed by atoms with van der Waals surface area (Å²) in [5.74, 6) is -0.527. The van der Waals surface area contributed by atoms with Crippen molar-refractivity contribution in [3.63, 3.8) is 0 Å². The molecule has 0 aromatic heterocycles. The van der Waals surface area contributed by atoms with E-state index in [9.17, 15) is 9.59 Å². The molecule has 124 valence electrons. The smallest absolute Gasteiger partial charge is 0.240 e. The predicted octanol–water partition coefficient (Wildman–Crippen LogP) is 3.52. The molecule has 2 amide bonds. The molecule has 5 nitrogen and oxygen atoms in total. The second-order valence-corrected chi connectivity index (χ2v) is 5.64. The van der Waals surface area contributed by atoms with Crippen molar-refractivity contribution in [3.8, 4) is 0 Å². The van der Waals surface area contributed by atoms with E-state index in [4.69, 9.17) is 11.6 Å². The van der Waals surface area contributed by atoms with Crippen molar-refractivity contribution in [2.45, 2.75) is 19.8 Å². The maximum Gasteiger partial charge on any atom is 0.240 e. The SMILES string of the molecule is Cc1ccccc1NC(=O)CCC(=O)NN=Cc1ccc(Cl)cc1. The molecule has 2 aromatic rings. The summed E-state index contributed by atoms with van der Waals surface area (Å²) in [6.07, 6.45) is 1.67. The predicted molar refractivity (Wildman–Crippen MR) is 96.2 cm³/mol. The molecule has 0 atom stereocenters. The molecule has 0 fully saturated rings. The van der Waals surface area contributed by atoms with Gasteiger partial charge in [-0.05, 0) is 36.2 Å². The van der Waals surface area contributed by atoms with Gasteiger partial charge in [0.1, 0.15) is 0 Å². The van der Waals surface area contributed by atoms with Crippen LogP contribution >= 0.6 is 11.6 Å². The quantitative estimate of drug-likeness (QED) is 0.622. The molecular weight excluding hydrogens is 326 g/mol. The number of hydrogen-bond acceptors (Lipinski definition) is 3. The average Bonchev–Trinajstić information content (AvgIpc) is 2.57. The standard InChI is InChI=1S/C18H18ClN3O2/c1-13-4-2-3-5-16(13)21-17(23)10-11-18(24)22-20-12-14-6-8-15(19)9-7-14/h2-9,12H,10-11H2,1H3,(H,21,23)(H,22,24). The Morgan fingerprint density at radius 1 is 1.04 bits per heavy atom. The van der Waals surface area contributed by atoms with Crippen LogP contribution in [0.5, 0.6) is 0 Å².